The van der Waals surface area contributed by atoms with Crippen LogP contribution in [-0.4, -0.2) is 10.9 Å². The number of hydrogen-bond donors (Lipinski definition) is 1. The quantitative estimate of drug-likeness (QED) is 0.839. The van der Waals surface area contributed by atoms with Crippen molar-refractivity contribution in [1.82, 2.24) is 10.3 Å². The van der Waals surface area contributed by atoms with Gasteiger partial charge in [0.15, 0.2) is 0 Å². The predicted molar refractivity (Wildman–Crippen MR) is 57.2 cm³/mol. The van der Waals surface area contributed by atoms with Gasteiger partial charge < -0.3 is 9.73 Å². The van der Waals surface area contributed by atoms with Crippen molar-refractivity contribution >= 4 is 5.91 Å². The zero-order chi connectivity index (χ0) is 12.1. The van der Waals surface area contributed by atoms with Gasteiger partial charge in [0.25, 0.3) is 0 Å². The van der Waals surface area contributed by atoms with Gasteiger partial charge in [0.1, 0.15) is 17.7 Å². The summed E-state index contributed by atoms with van der Waals surface area (Å²) in [4.78, 5) is 15.6. The molecule has 1 rings (SSSR count). The molecule has 5 nitrogen and oxygen atoms in total. The van der Waals surface area contributed by atoms with E-state index in [2.05, 4.69) is 10.3 Å². The molecule has 5 heteroatoms. The van der Waals surface area contributed by atoms with E-state index in [4.69, 9.17) is 9.68 Å². The Balaban J connectivity index is 2.61. The van der Waals surface area contributed by atoms with Gasteiger partial charge in [-0.1, -0.05) is 6.92 Å². The molecule has 0 saturated heterocycles. The van der Waals surface area contributed by atoms with Crippen LogP contribution in [0.5, 0.6) is 0 Å². The molecule has 2 unspecified atom stereocenters. The molecule has 0 aliphatic heterocycles. The summed E-state index contributed by atoms with van der Waals surface area (Å²) in [6, 6.07) is 1.63. The van der Waals surface area contributed by atoms with Crippen LogP contribution in [0.1, 0.15) is 38.0 Å². The molecule has 0 bridgehead atoms. The highest BCUT2D eigenvalue weighted by atomic mass is 16.4. The van der Waals surface area contributed by atoms with E-state index in [0.29, 0.717) is 18.1 Å². The maximum Gasteiger partial charge on any atom is 0.237 e. The van der Waals surface area contributed by atoms with Gasteiger partial charge in [-0.3, -0.25) is 4.79 Å². The SMILES string of the molecule is CCC(C#N)C(=O)NC(C)c1ncc(C)o1. The van der Waals surface area contributed by atoms with Crippen molar-refractivity contribution in [1.29, 1.82) is 5.26 Å². The van der Waals surface area contributed by atoms with Gasteiger partial charge in [0.05, 0.1) is 12.3 Å². The summed E-state index contributed by atoms with van der Waals surface area (Å²) >= 11 is 0. The second kappa shape index (κ2) is 5.31. The Labute approximate surface area is 94.5 Å². The average molecular weight is 221 g/mol. The van der Waals surface area contributed by atoms with Crippen molar-refractivity contribution in [2.45, 2.75) is 33.2 Å². The van der Waals surface area contributed by atoms with Gasteiger partial charge in [0, 0.05) is 0 Å². The van der Waals surface area contributed by atoms with E-state index in [1.54, 1.807) is 27.0 Å². The molecule has 0 fully saturated rings. The lowest BCUT2D eigenvalue weighted by Gasteiger charge is -2.12. The lowest BCUT2D eigenvalue weighted by Crippen LogP contribution is -2.32. The zero-order valence-electron chi connectivity index (χ0n) is 9.65. The molecule has 1 aromatic heterocycles. The van der Waals surface area contributed by atoms with Crippen LogP contribution in [0.4, 0.5) is 0 Å². The van der Waals surface area contributed by atoms with Crippen molar-refractivity contribution < 1.29 is 9.21 Å². The van der Waals surface area contributed by atoms with Crippen molar-refractivity contribution in [3.8, 4) is 6.07 Å². The summed E-state index contributed by atoms with van der Waals surface area (Å²) in [5.74, 6) is 0.258. The van der Waals surface area contributed by atoms with Crippen molar-refractivity contribution in [3.05, 3.63) is 17.8 Å². The smallest absolute Gasteiger partial charge is 0.237 e. The Kier molecular flexibility index (Phi) is 4.06. The lowest BCUT2D eigenvalue weighted by molar-refractivity contribution is -0.124. The number of amides is 1. The molecule has 0 aromatic carbocycles. The van der Waals surface area contributed by atoms with E-state index in [1.165, 1.54) is 0 Å². The highest BCUT2D eigenvalue weighted by Crippen LogP contribution is 2.13. The molecule has 1 N–H and O–H groups in total. The van der Waals surface area contributed by atoms with Crippen LogP contribution in [0, 0.1) is 24.2 Å². The van der Waals surface area contributed by atoms with Gasteiger partial charge in [0.2, 0.25) is 11.8 Å². The van der Waals surface area contributed by atoms with E-state index in [-0.39, 0.29) is 11.9 Å². The fourth-order valence-electron chi connectivity index (χ4n) is 1.28. The zero-order valence-corrected chi connectivity index (χ0v) is 9.65. The number of rotatable bonds is 4. The largest absolute Gasteiger partial charge is 0.444 e. The van der Waals surface area contributed by atoms with Crippen LogP contribution in [0.25, 0.3) is 0 Å². The maximum atomic E-state index is 11.6. The second-order valence-electron chi connectivity index (χ2n) is 3.63. The Hall–Kier alpha value is -1.83. The topological polar surface area (TPSA) is 78.9 Å². The van der Waals surface area contributed by atoms with Gasteiger partial charge >= 0.3 is 0 Å². The minimum Gasteiger partial charge on any atom is -0.444 e. The van der Waals surface area contributed by atoms with E-state index >= 15 is 0 Å². The van der Waals surface area contributed by atoms with Crippen LogP contribution >= 0.6 is 0 Å². The first-order chi connectivity index (χ1) is 7.58. The Morgan fingerprint density at radius 3 is 2.88 bits per heavy atom. The molecular weight excluding hydrogens is 206 g/mol. The summed E-state index contributed by atoms with van der Waals surface area (Å²) in [6.45, 7) is 5.36. The highest BCUT2D eigenvalue weighted by molar-refractivity contribution is 5.81. The summed E-state index contributed by atoms with van der Waals surface area (Å²) < 4.78 is 5.28. The molecule has 0 aliphatic rings. The molecule has 0 saturated carbocycles. The normalized spacial score (nSPS) is 13.9. The molecule has 16 heavy (non-hydrogen) atoms. The number of nitrogens with zero attached hydrogens (tertiary/aromatic N) is 2. The molecule has 2 atom stereocenters. The number of aromatic nitrogens is 1. The molecule has 1 heterocycles. The van der Waals surface area contributed by atoms with Crippen molar-refractivity contribution in [3.63, 3.8) is 0 Å². The molecular formula is C11H15N3O2. The minimum atomic E-state index is -0.612. The van der Waals surface area contributed by atoms with E-state index in [1.807, 2.05) is 6.07 Å². The van der Waals surface area contributed by atoms with Crippen molar-refractivity contribution in [2.24, 2.45) is 5.92 Å². The summed E-state index contributed by atoms with van der Waals surface area (Å²) in [7, 11) is 0. The number of oxazole rings is 1. The third-order valence-corrected chi connectivity index (χ3v) is 2.25. The summed E-state index contributed by atoms with van der Waals surface area (Å²) in [5.41, 5.74) is 0. The Morgan fingerprint density at radius 2 is 2.44 bits per heavy atom. The summed E-state index contributed by atoms with van der Waals surface area (Å²) in [5, 5.41) is 11.4. The van der Waals surface area contributed by atoms with Crippen LogP contribution in [0.15, 0.2) is 10.6 Å². The fraction of sp³-hybridized carbons (Fsp3) is 0.545. The predicted octanol–water partition coefficient (Wildman–Crippen LogP) is 1.71. The number of nitrogens with one attached hydrogen (secondary N) is 1. The Morgan fingerprint density at radius 1 is 1.75 bits per heavy atom. The maximum absolute atomic E-state index is 11.6. The molecule has 0 spiro atoms. The molecule has 1 amide bonds. The van der Waals surface area contributed by atoms with Crippen LogP contribution in [0.3, 0.4) is 0 Å². The molecule has 86 valence electrons. The first-order valence-corrected chi connectivity index (χ1v) is 5.20. The van der Waals surface area contributed by atoms with Crippen LogP contribution < -0.4 is 5.32 Å². The monoisotopic (exact) mass is 221 g/mol. The second-order valence-corrected chi connectivity index (χ2v) is 3.63. The minimum absolute atomic E-state index is 0.284. The van der Waals surface area contributed by atoms with Gasteiger partial charge in [-0.05, 0) is 20.3 Å². The summed E-state index contributed by atoms with van der Waals surface area (Å²) in [6.07, 6.45) is 2.10. The van der Waals surface area contributed by atoms with Crippen LogP contribution in [-0.2, 0) is 4.79 Å². The fourth-order valence-corrected chi connectivity index (χ4v) is 1.28. The van der Waals surface area contributed by atoms with E-state index in [0.717, 1.165) is 0 Å². The standard InChI is InChI=1S/C11H15N3O2/c1-4-9(5-12)10(15)14-8(3)11-13-6-7(2)16-11/h6,8-9H,4H2,1-3H3,(H,14,15). The lowest BCUT2D eigenvalue weighted by atomic mass is 10.1. The molecule has 0 radical (unpaired) electrons. The highest BCUT2D eigenvalue weighted by Gasteiger charge is 2.20. The molecule has 0 aliphatic carbocycles. The number of hydrogen-bond acceptors (Lipinski definition) is 4. The van der Waals surface area contributed by atoms with Gasteiger partial charge in [-0.15, -0.1) is 0 Å². The Bertz CT molecular complexity index is 406. The van der Waals surface area contributed by atoms with E-state index in [9.17, 15) is 4.79 Å². The number of aryl methyl sites for hydroxylation is 1. The number of nitriles is 1. The molecule has 1 aromatic rings. The number of carbonyl (C=O) groups is 1. The van der Waals surface area contributed by atoms with Gasteiger partial charge in [-0.25, -0.2) is 4.98 Å². The number of carbonyl (C=O) groups excluding carboxylic acids is 1. The van der Waals surface area contributed by atoms with E-state index < -0.39 is 5.92 Å². The third kappa shape index (κ3) is 2.83. The average Bonchev–Trinajstić information content (AvgIpc) is 2.66. The first kappa shape index (κ1) is 12.2. The third-order valence-electron chi connectivity index (χ3n) is 2.25. The first-order valence-electron chi connectivity index (χ1n) is 5.20. The van der Waals surface area contributed by atoms with Crippen molar-refractivity contribution in [2.75, 3.05) is 0 Å². The van der Waals surface area contributed by atoms with Crippen LogP contribution in [0.2, 0.25) is 0 Å². The van der Waals surface area contributed by atoms with Gasteiger partial charge in [-0.2, -0.15) is 5.26 Å².